The summed E-state index contributed by atoms with van der Waals surface area (Å²) < 4.78 is 4.85. The summed E-state index contributed by atoms with van der Waals surface area (Å²) in [5, 5.41) is 21.8. The van der Waals surface area contributed by atoms with Crippen LogP contribution < -0.4 is 0 Å². The van der Waals surface area contributed by atoms with E-state index in [2.05, 4.69) is 20.8 Å². The molecule has 0 spiro atoms. The Morgan fingerprint density at radius 3 is 2.55 bits per heavy atom. The Labute approximate surface area is 176 Å². The number of methoxy groups -OCH3 is 1. The average Bonchev–Trinajstić information content (AvgIpc) is 3.06. The lowest BCUT2D eigenvalue weighted by molar-refractivity contribution is -0.175. The van der Waals surface area contributed by atoms with Crippen molar-refractivity contribution in [2.75, 3.05) is 7.11 Å². The molecule has 0 bridgehead atoms. The van der Waals surface area contributed by atoms with E-state index in [1.165, 1.54) is 32.8 Å². The van der Waals surface area contributed by atoms with Gasteiger partial charge in [0.05, 0.1) is 19.3 Å². The van der Waals surface area contributed by atoms with Gasteiger partial charge in [0.1, 0.15) is 0 Å². The van der Waals surface area contributed by atoms with Crippen LogP contribution in [0.1, 0.15) is 85.0 Å². The van der Waals surface area contributed by atoms with Crippen molar-refractivity contribution in [2.24, 2.45) is 46.3 Å². The molecule has 4 fully saturated rings. The van der Waals surface area contributed by atoms with Crippen molar-refractivity contribution in [3.63, 3.8) is 0 Å². The SMILES string of the molecule is COC(=O)CC[C@@H](C)[C@H]1CC[C@H]2[C@@H]3CC[C@@H]4C[C@@H](O)CC[C@]4(C)[C@H]3C[C@@H](O)[C@]12C. The Morgan fingerprint density at radius 2 is 1.83 bits per heavy atom. The van der Waals surface area contributed by atoms with Gasteiger partial charge < -0.3 is 14.9 Å². The standard InChI is InChI=1S/C25H42O4/c1-15(5-10-23(28)29-4)19-8-9-20-18-7-6-16-13-17(26)11-12-24(16,2)21(18)14-22(27)25(19,20)3/h15-22,26-27H,5-14H2,1-4H3/t15-,16-,17+,18+,19-,20+,21+,22-,24+,25-/m1/s1. The largest absolute Gasteiger partial charge is 0.469 e. The van der Waals surface area contributed by atoms with Gasteiger partial charge in [0.15, 0.2) is 0 Å². The van der Waals surface area contributed by atoms with Gasteiger partial charge in [-0.1, -0.05) is 20.8 Å². The predicted octanol–water partition coefficient (Wildman–Crippen LogP) is 4.57. The minimum absolute atomic E-state index is 0.0198. The zero-order chi connectivity index (χ0) is 21.0. The number of rotatable bonds is 4. The van der Waals surface area contributed by atoms with Gasteiger partial charge in [-0.15, -0.1) is 0 Å². The topological polar surface area (TPSA) is 66.8 Å². The third-order valence-electron chi connectivity index (χ3n) is 10.5. The second kappa shape index (κ2) is 7.82. The van der Waals surface area contributed by atoms with Crippen LogP contribution in [0.5, 0.6) is 0 Å². The fourth-order valence-electron chi connectivity index (χ4n) is 8.81. The summed E-state index contributed by atoms with van der Waals surface area (Å²) in [5.41, 5.74) is 0.271. The van der Waals surface area contributed by atoms with E-state index in [-0.39, 0.29) is 23.6 Å². The van der Waals surface area contributed by atoms with Crippen molar-refractivity contribution in [1.29, 1.82) is 0 Å². The third kappa shape index (κ3) is 3.37. The number of aliphatic hydroxyl groups is 2. The molecule has 10 atom stereocenters. The summed E-state index contributed by atoms with van der Waals surface area (Å²) in [7, 11) is 1.46. The highest BCUT2D eigenvalue weighted by Crippen LogP contribution is 2.68. The number of hydrogen-bond acceptors (Lipinski definition) is 4. The van der Waals surface area contributed by atoms with Crippen LogP contribution in [0.3, 0.4) is 0 Å². The van der Waals surface area contributed by atoms with Crippen molar-refractivity contribution < 1.29 is 19.7 Å². The van der Waals surface area contributed by atoms with Gasteiger partial charge >= 0.3 is 5.97 Å². The molecule has 4 heteroatoms. The summed E-state index contributed by atoms with van der Waals surface area (Å²) in [4.78, 5) is 11.6. The molecule has 2 N–H and O–H groups in total. The van der Waals surface area contributed by atoms with Crippen molar-refractivity contribution >= 4 is 5.97 Å². The molecule has 4 aliphatic carbocycles. The Morgan fingerprint density at radius 1 is 1.07 bits per heavy atom. The summed E-state index contributed by atoms with van der Waals surface area (Å²) in [6.07, 6.45) is 9.86. The number of hydrogen-bond donors (Lipinski definition) is 2. The second-order valence-corrected chi connectivity index (χ2v) is 11.5. The molecule has 0 saturated heterocycles. The first-order chi connectivity index (χ1) is 13.7. The molecule has 166 valence electrons. The van der Waals surface area contributed by atoms with E-state index in [9.17, 15) is 15.0 Å². The fraction of sp³-hybridized carbons (Fsp3) is 0.960. The molecule has 4 rings (SSSR count). The molecule has 4 nitrogen and oxygen atoms in total. The smallest absolute Gasteiger partial charge is 0.305 e. The molecule has 4 aliphatic rings. The quantitative estimate of drug-likeness (QED) is 0.671. The Hall–Kier alpha value is -0.610. The number of ether oxygens (including phenoxy) is 1. The molecule has 4 saturated carbocycles. The normalized spacial score (nSPS) is 50.2. The van der Waals surface area contributed by atoms with Gasteiger partial charge in [0.25, 0.3) is 0 Å². The van der Waals surface area contributed by atoms with Crippen LogP contribution in [0.2, 0.25) is 0 Å². The molecular formula is C25H42O4. The zero-order valence-electron chi connectivity index (χ0n) is 18.9. The van der Waals surface area contributed by atoms with Gasteiger partial charge in [0, 0.05) is 6.42 Å². The summed E-state index contributed by atoms with van der Waals surface area (Å²) in [5.74, 6) is 3.36. The van der Waals surface area contributed by atoms with Gasteiger partial charge in [-0.2, -0.15) is 0 Å². The van der Waals surface area contributed by atoms with Crippen LogP contribution in [0, 0.1) is 46.3 Å². The number of esters is 1. The van der Waals surface area contributed by atoms with Crippen LogP contribution in [0.25, 0.3) is 0 Å². The Balaban J connectivity index is 1.53. The van der Waals surface area contributed by atoms with Crippen LogP contribution >= 0.6 is 0 Å². The highest BCUT2D eigenvalue weighted by atomic mass is 16.5. The number of carbonyl (C=O) groups is 1. The van der Waals surface area contributed by atoms with Crippen LogP contribution in [0.15, 0.2) is 0 Å². The van der Waals surface area contributed by atoms with E-state index in [1.54, 1.807) is 0 Å². The molecule has 0 aromatic heterocycles. The lowest BCUT2D eigenvalue weighted by Gasteiger charge is -2.62. The minimum atomic E-state index is -0.246. The first-order valence-electron chi connectivity index (χ1n) is 12.1. The van der Waals surface area contributed by atoms with E-state index in [0.717, 1.165) is 38.0 Å². The lowest BCUT2D eigenvalue weighted by atomic mass is 9.43. The maximum Gasteiger partial charge on any atom is 0.305 e. The van der Waals surface area contributed by atoms with Gasteiger partial charge in [-0.3, -0.25) is 4.79 Å². The highest BCUT2D eigenvalue weighted by molar-refractivity contribution is 5.69. The lowest BCUT2D eigenvalue weighted by Crippen LogP contribution is -2.58. The molecular weight excluding hydrogens is 364 g/mol. The average molecular weight is 407 g/mol. The summed E-state index contributed by atoms with van der Waals surface area (Å²) >= 11 is 0. The number of aliphatic hydroxyl groups excluding tert-OH is 2. The summed E-state index contributed by atoms with van der Waals surface area (Å²) in [6.45, 7) is 7.12. The minimum Gasteiger partial charge on any atom is -0.469 e. The summed E-state index contributed by atoms with van der Waals surface area (Å²) in [6, 6.07) is 0. The van der Waals surface area contributed by atoms with E-state index in [0.29, 0.717) is 41.4 Å². The van der Waals surface area contributed by atoms with Crippen LogP contribution in [0.4, 0.5) is 0 Å². The Bertz CT molecular complexity index is 620. The van der Waals surface area contributed by atoms with Crippen molar-refractivity contribution in [2.45, 2.75) is 97.2 Å². The maximum absolute atomic E-state index is 11.6. The number of fused-ring (bicyclic) bond motifs is 5. The van der Waals surface area contributed by atoms with Crippen LogP contribution in [-0.4, -0.2) is 35.5 Å². The van der Waals surface area contributed by atoms with E-state index in [1.807, 2.05) is 0 Å². The zero-order valence-corrected chi connectivity index (χ0v) is 18.9. The predicted molar refractivity (Wildman–Crippen MR) is 113 cm³/mol. The van der Waals surface area contributed by atoms with Gasteiger partial charge in [-0.05, 0) is 104 Å². The third-order valence-corrected chi connectivity index (χ3v) is 10.5. The molecule has 0 radical (unpaired) electrons. The van der Waals surface area contributed by atoms with Crippen molar-refractivity contribution in [1.82, 2.24) is 0 Å². The fourth-order valence-corrected chi connectivity index (χ4v) is 8.81. The molecule has 29 heavy (non-hydrogen) atoms. The van der Waals surface area contributed by atoms with E-state index >= 15 is 0 Å². The van der Waals surface area contributed by atoms with Gasteiger partial charge in [0.2, 0.25) is 0 Å². The first kappa shape index (κ1) is 21.6. The second-order valence-electron chi connectivity index (χ2n) is 11.5. The van der Waals surface area contributed by atoms with E-state index in [4.69, 9.17) is 4.74 Å². The molecule has 0 aromatic carbocycles. The monoisotopic (exact) mass is 406 g/mol. The van der Waals surface area contributed by atoms with Crippen molar-refractivity contribution in [3.8, 4) is 0 Å². The van der Waals surface area contributed by atoms with Crippen LogP contribution in [-0.2, 0) is 9.53 Å². The number of carbonyl (C=O) groups excluding carboxylic acids is 1. The molecule has 0 unspecified atom stereocenters. The van der Waals surface area contributed by atoms with E-state index < -0.39 is 0 Å². The molecule has 0 heterocycles. The highest BCUT2D eigenvalue weighted by Gasteiger charge is 2.63. The Kier molecular flexibility index (Phi) is 5.83. The van der Waals surface area contributed by atoms with Crippen molar-refractivity contribution in [3.05, 3.63) is 0 Å². The molecule has 0 aliphatic heterocycles. The maximum atomic E-state index is 11.6. The first-order valence-corrected chi connectivity index (χ1v) is 12.1. The molecule has 0 aromatic rings. The van der Waals surface area contributed by atoms with Gasteiger partial charge in [-0.25, -0.2) is 0 Å². The molecule has 0 amide bonds.